The second kappa shape index (κ2) is 9.50. The van der Waals surface area contributed by atoms with Crippen LogP contribution in [0.15, 0.2) is 36.4 Å². The fraction of sp³-hybridized carbons (Fsp3) is 0.421. The molecule has 0 aliphatic heterocycles. The van der Waals surface area contributed by atoms with Gasteiger partial charge in [-0.25, -0.2) is 0 Å². The van der Waals surface area contributed by atoms with Gasteiger partial charge in [-0.3, -0.25) is 4.79 Å². The Hall–Kier alpha value is -1.78. The van der Waals surface area contributed by atoms with E-state index in [2.05, 4.69) is 35.9 Å². The zero-order valence-electron chi connectivity index (χ0n) is 14.7. The number of nitrogens with zero attached hydrogens (tertiary/aromatic N) is 1. The van der Waals surface area contributed by atoms with Crippen LogP contribution in [0.1, 0.15) is 53.1 Å². The van der Waals surface area contributed by atoms with Gasteiger partial charge in [-0.15, -0.1) is 12.4 Å². The summed E-state index contributed by atoms with van der Waals surface area (Å²) in [6, 6.07) is 12.5. The van der Waals surface area contributed by atoms with Gasteiger partial charge in [-0.2, -0.15) is 0 Å². The average molecular weight is 350 g/mol. The summed E-state index contributed by atoms with van der Waals surface area (Å²) in [4.78, 5) is 12.4. The second-order valence-corrected chi connectivity index (χ2v) is 5.99. The third kappa shape index (κ3) is 4.62. The van der Waals surface area contributed by atoms with Crippen molar-refractivity contribution in [2.24, 2.45) is 5.73 Å². The number of benzene rings is 1. The lowest BCUT2D eigenvalue weighted by Gasteiger charge is -2.19. The van der Waals surface area contributed by atoms with Crippen LogP contribution in [0.25, 0.3) is 0 Å². The van der Waals surface area contributed by atoms with Crippen molar-refractivity contribution in [3.8, 4) is 0 Å². The molecule has 0 aliphatic rings. The van der Waals surface area contributed by atoms with E-state index >= 15 is 0 Å². The van der Waals surface area contributed by atoms with Gasteiger partial charge in [0, 0.05) is 17.9 Å². The number of unbranched alkanes of at least 4 members (excludes halogenated alkanes) is 1. The summed E-state index contributed by atoms with van der Waals surface area (Å²) in [6.07, 6.45) is 1.85. The molecule has 0 saturated heterocycles. The maximum Gasteiger partial charge on any atom is 0.253 e. The molecular weight excluding hydrogens is 322 g/mol. The van der Waals surface area contributed by atoms with Crippen molar-refractivity contribution in [1.82, 2.24) is 9.88 Å². The smallest absolute Gasteiger partial charge is 0.253 e. The van der Waals surface area contributed by atoms with Crippen molar-refractivity contribution in [2.75, 3.05) is 13.1 Å². The molecule has 3 N–H and O–H groups in total. The maximum atomic E-state index is 12.4. The largest absolute Gasteiger partial charge is 0.352 e. The third-order valence-electron chi connectivity index (χ3n) is 4.31. The topological polar surface area (TPSA) is 60.1 Å². The Labute approximate surface area is 150 Å². The number of rotatable bonds is 7. The zero-order chi connectivity index (χ0) is 16.8. The molecular formula is C19H28ClN3O. The minimum absolute atomic E-state index is 0. The fourth-order valence-electron chi connectivity index (χ4n) is 3.05. The number of carbonyl (C=O) groups excluding carboxylic acids is 1. The Morgan fingerprint density at radius 1 is 1.21 bits per heavy atom. The number of hydrogen-bond donors (Lipinski definition) is 2. The fourth-order valence-corrected chi connectivity index (χ4v) is 3.05. The molecule has 132 valence electrons. The highest BCUT2D eigenvalue weighted by molar-refractivity contribution is 5.95. The van der Waals surface area contributed by atoms with Crippen LogP contribution >= 0.6 is 12.4 Å². The van der Waals surface area contributed by atoms with Gasteiger partial charge in [0.05, 0.1) is 11.6 Å². The van der Waals surface area contributed by atoms with E-state index in [1.807, 2.05) is 31.2 Å². The summed E-state index contributed by atoms with van der Waals surface area (Å²) in [6.45, 7) is 7.57. The molecule has 24 heavy (non-hydrogen) atoms. The number of nitrogens with one attached hydrogen (secondary N) is 1. The van der Waals surface area contributed by atoms with E-state index in [9.17, 15) is 4.79 Å². The zero-order valence-corrected chi connectivity index (χ0v) is 15.5. The lowest BCUT2D eigenvalue weighted by atomic mass is 10.1. The van der Waals surface area contributed by atoms with Gasteiger partial charge >= 0.3 is 0 Å². The number of hydrogen-bond acceptors (Lipinski definition) is 2. The number of aromatic nitrogens is 1. The van der Waals surface area contributed by atoms with Gasteiger partial charge in [-0.1, -0.05) is 30.3 Å². The summed E-state index contributed by atoms with van der Waals surface area (Å²) in [5.74, 6) is 0.00151. The number of amides is 1. The number of aryl methyl sites for hydroxylation is 1. The van der Waals surface area contributed by atoms with Crippen molar-refractivity contribution >= 4 is 18.3 Å². The molecule has 2 aromatic rings. The predicted molar refractivity (Wildman–Crippen MR) is 102 cm³/mol. The van der Waals surface area contributed by atoms with E-state index in [1.54, 1.807) is 0 Å². The minimum Gasteiger partial charge on any atom is -0.352 e. The molecule has 1 aromatic heterocycles. The first-order chi connectivity index (χ1) is 11.1. The van der Waals surface area contributed by atoms with Gasteiger partial charge in [0.15, 0.2) is 0 Å². The Kier molecular flexibility index (Phi) is 8.02. The highest BCUT2D eigenvalue weighted by atomic mass is 35.5. The first kappa shape index (κ1) is 20.3. The highest BCUT2D eigenvalue weighted by Gasteiger charge is 2.19. The molecule has 0 spiro atoms. The average Bonchev–Trinajstić information content (AvgIpc) is 2.86. The normalized spacial score (nSPS) is 11.7. The van der Waals surface area contributed by atoms with E-state index < -0.39 is 0 Å². The molecule has 2 rings (SSSR count). The van der Waals surface area contributed by atoms with E-state index in [4.69, 9.17) is 5.73 Å². The second-order valence-electron chi connectivity index (χ2n) is 5.99. The number of halogens is 1. The van der Waals surface area contributed by atoms with Crippen LogP contribution in [0.5, 0.6) is 0 Å². The molecule has 1 unspecified atom stereocenters. The Morgan fingerprint density at radius 2 is 1.88 bits per heavy atom. The first-order valence-corrected chi connectivity index (χ1v) is 8.28. The molecule has 1 atom stereocenters. The van der Waals surface area contributed by atoms with E-state index in [0.717, 1.165) is 29.8 Å². The van der Waals surface area contributed by atoms with E-state index in [0.29, 0.717) is 13.1 Å². The highest BCUT2D eigenvalue weighted by Crippen LogP contribution is 2.25. The van der Waals surface area contributed by atoms with Crippen LogP contribution in [-0.2, 0) is 0 Å². The molecule has 1 aromatic carbocycles. The van der Waals surface area contributed by atoms with Gasteiger partial charge in [0.2, 0.25) is 0 Å². The first-order valence-electron chi connectivity index (χ1n) is 8.28. The lowest BCUT2D eigenvalue weighted by Crippen LogP contribution is -2.25. The molecule has 1 amide bonds. The lowest BCUT2D eigenvalue weighted by molar-refractivity contribution is 0.0952. The summed E-state index contributed by atoms with van der Waals surface area (Å²) >= 11 is 0. The van der Waals surface area contributed by atoms with Crippen LogP contribution in [0, 0.1) is 13.8 Å². The third-order valence-corrected chi connectivity index (χ3v) is 4.31. The van der Waals surface area contributed by atoms with Crippen molar-refractivity contribution in [1.29, 1.82) is 0 Å². The van der Waals surface area contributed by atoms with Crippen LogP contribution in [-0.4, -0.2) is 23.6 Å². The standard InChI is InChI=1S/C19H27N3O.ClH/c1-14-13-18(19(23)21-12-8-7-11-20)16(3)22(14)15(2)17-9-5-4-6-10-17;/h4-6,9-10,13,15H,7-8,11-12,20H2,1-3H3,(H,21,23);1H. The van der Waals surface area contributed by atoms with Gasteiger partial charge in [0.25, 0.3) is 5.91 Å². The van der Waals surface area contributed by atoms with Crippen molar-refractivity contribution < 1.29 is 4.79 Å². The molecule has 0 fully saturated rings. The molecule has 0 radical (unpaired) electrons. The molecule has 4 nitrogen and oxygen atoms in total. The van der Waals surface area contributed by atoms with Crippen molar-refractivity contribution in [2.45, 2.75) is 39.7 Å². The number of carbonyl (C=O) groups is 1. The predicted octanol–water partition coefficient (Wildman–Crippen LogP) is 3.60. The molecule has 0 saturated carbocycles. The van der Waals surface area contributed by atoms with Gasteiger partial charge in [0.1, 0.15) is 0 Å². The molecule has 5 heteroatoms. The van der Waals surface area contributed by atoms with Crippen LogP contribution in [0.2, 0.25) is 0 Å². The SMILES string of the molecule is Cc1cc(C(=O)NCCCCN)c(C)n1C(C)c1ccccc1.Cl. The van der Waals surface area contributed by atoms with Gasteiger partial charge < -0.3 is 15.6 Å². The summed E-state index contributed by atoms with van der Waals surface area (Å²) < 4.78 is 2.23. The quantitative estimate of drug-likeness (QED) is 0.750. The van der Waals surface area contributed by atoms with Crippen LogP contribution in [0.3, 0.4) is 0 Å². The van der Waals surface area contributed by atoms with E-state index in [1.165, 1.54) is 5.56 Å². The van der Waals surface area contributed by atoms with Crippen LogP contribution in [0.4, 0.5) is 0 Å². The summed E-state index contributed by atoms with van der Waals surface area (Å²) in [5, 5.41) is 2.99. The molecule has 0 aliphatic carbocycles. The minimum atomic E-state index is 0. The Balaban J connectivity index is 0.00000288. The van der Waals surface area contributed by atoms with Crippen molar-refractivity contribution in [3.63, 3.8) is 0 Å². The Bertz CT molecular complexity index is 652. The Morgan fingerprint density at radius 3 is 2.50 bits per heavy atom. The molecule has 1 heterocycles. The summed E-state index contributed by atoms with van der Waals surface area (Å²) in [5.41, 5.74) is 9.59. The maximum absolute atomic E-state index is 12.4. The van der Waals surface area contributed by atoms with E-state index in [-0.39, 0.29) is 24.4 Å². The number of nitrogens with two attached hydrogens (primary N) is 1. The molecule has 0 bridgehead atoms. The van der Waals surface area contributed by atoms with Crippen LogP contribution < -0.4 is 11.1 Å². The van der Waals surface area contributed by atoms with Crippen molar-refractivity contribution in [3.05, 3.63) is 58.9 Å². The summed E-state index contributed by atoms with van der Waals surface area (Å²) in [7, 11) is 0. The monoisotopic (exact) mass is 349 g/mol. The van der Waals surface area contributed by atoms with Gasteiger partial charge in [-0.05, 0) is 51.8 Å².